The molecule has 0 aliphatic heterocycles. The van der Waals surface area contributed by atoms with Gasteiger partial charge in [0.1, 0.15) is 0 Å². The topological polar surface area (TPSA) is 17.1 Å². The Kier molecular flexibility index (Phi) is 15.1. The van der Waals surface area contributed by atoms with Crippen molar-refractivity contribution < 1.29 is 4.57 Å². The molecule has 1 nitrogen and oxygen atoms in total. The number of benzene rings is 12. The van der Waals surface area contributed by atoms with Gasteiger partial charge in [-0.15, -0.1) is 0 Å². The van der Waals surface area contributed by atoms with Crippen LogP contribution < -0.4 is 15.9 Å². The molecule has 0 saturated carbocycles. The first-order valence-corrected chi connectivity index (χ1v) is 29.0. The van der Waals surface area contributed by atoms with Gasteiger partial charge in [0, 0.05) is 15.9 Å². The van der Waals surface area contributed by atoms with E-state index in [-0.39, 0.29) is 0 Å². The third-order valence-electron chi connectivity index (χ3n) is 14.9. The van der Waals surface area contributed by atoms with Crippen molar-refractivity contribution in [1.29, 1.82) is 0 Å². The van der Waals surface area contributed by atoms with Gasteiger partial charge >= 0.3 is 0 Å². The van der Waals surface area contributed by atoms with Crippen molar-refractivity contribution in [1.82, 2.24) is 0 Å². The highest BCUT2D eigenvalue weighted by molar-refractivity contribution is 7.85. The average molecular weight is 1040 g/mol. The molecule has 0 aliphatic rings. The highest BCUT2D eigenvalue weighted by Gasteiger charge is 2.31. The van der Waals surface area contributed by atoms with Gasteiger partial charge in [0.25, 0.3) is 0 Å². The van der Waals surface area contributed by atoms with Crippen LogP contribution in [0.4, 0.5) is 0 Å². The summed E-state index contributed by atoms with van der Waals surface area (Å²) in [5.74, 6) is 0. The van der Waals surface area contributed by atoms with Crippen molar-refractivity contribution in [2.75, 3.05) is 0 Å². The van der Waals surface area contributed by atoms with Gasteiger partial charge in [0.15, 0.2) is 7.14 Å². The average Bonchev–Trinajstić information content (AvgIpc) is 3.58. The molecular formula is C78H57OP. The van der Waals surface area contributed by atoms with E-state index in [0.717, 1.165) is 116 Å². The third-order valence-corrected chi connectivity index (χ3v) is 17.9. The van der Waals surface area contributed by atoms with E-state index >= 15 is 4.57 Å². The standard InChI is InChI=1S/C78H57OP/c79-80(70-52-46-67(47-53-70)76(64-40-22-7-23-41-64)73(58-28-10-1-11-29-58)59-30-12-2-13-31-59,71-54-48-68(49-55-71)77(65-42-24-8-25-43-65)74(60-32-14-3-15-33-60)61-34-16-4-17-35-61)72-56-50-69(51-57-72)78(66-44-26-9-27-45-66)75(62-36-18-5-19-37-62)63-38-20-6-21-39-63/h1-57H. The summed E-state index contributed by atoms with van der Waals surface area (Å²) in [6.45, 7) is 0. The molecule has 2 heteroatoms. The van der Waals surface area contributed by atoms with Crippen molar-refractivity contribution in [2.45, 2.75) is 0 Å². The second kappa shape index (κ2) is 23.8. The largest absolute Gasteiger partial charge is 0.309 e. The van der Waals surface area contributed by atoms with E-state index in [1.165, 1.54) is 0 Å². The Morgan fingerprint density at radius 3 is 0.388 bits per heavy atom. The fraction of sp³-hybridized carbons (Fsp3) is 0. The molecule has 0 heterocycles. The molecule has 0 bridgehead atoms. The van der Waals surface area contributed by atoms with Crippen LogP contribution in [0.5, 0.6) is 0 Å². The quantitative estimate of drug-likeness (QED) is 0.0739. The van der Waals surface area contributed by atoms with Crippen molar-refractivity contribution in [3.63, 3.8) is 0 Å². The van der Waals surface area contributed by atoms with Crippen LogP contribution in [0.25, 0.3) is 33.4 Å². The van der Waals surface area contributed by atoms with Crippen molar-refractivity contribution in [3.05, 3.63) is 413 Å². The molecule has 12 rings (SSSR count). The molecule has 380 valence electrons. The molecule has 0 radical (unpaired) electrons. The Balaban J connectivity index is 1.07. The minimum atomic E-state index is -3.61. The molecule has 12 aromatic rings. The first-order valence-electron chi connectivity index (χ1n) is 27.3. The Hall–Kier alpha value is -9.91. The van der Waals surface area contributed by atoms with E-state index in [4.69, 9.17) is 0 Å². The molecule has 0 amide bonds. The summed E-state index contributed by atoms with van der Waals surface area (Å²) in [7, 11) is -3.61. The number of hydrogen-bond acceptors (Lipinski definition) is 1. The molecule has 0 atom stereocenters. The number of rotatable bonds is 15. The van der Waals surface area contributed by atoms with Gasteiger partial charge in [-0.1, -0.05) is 346 Å². The van der Waals surface area contributed by atoms with Crippen molar-refractivity contribution >= 4 is 56.5 Å². The summed E-state index contributed by atoms with van der Waals surface area (Å²) in [5, 5.41) is 2.24. The molecule has 0 aromatic heterocycles. The monoisotopic (exact) mass is 1040 g/mol. The van der Waals surface area contributed by atoms with E-state index in [0.29, 0.717) is 0 Å². The minimum Gasteiger partial charge on any atom is -0.309 e. The summed E-state index contributed by atoms with van der Waals surface area (Å²) in [6, 6.07) is 121. The van der Waals surface area contributed by atoms with Gasteiger partial charge in [0.05, 0.1) is 0 Å². The Bertz CT molecular complexity index is 3560. The van der Waals surface area contributed by atoms with Crippen LogP contribution in [0.15, 0.2) is 346 Å². The molecule has 0 aliphatic carbocycles. The van der Waals surface area contributed by atoms with Gasteiger partial charge in [-0.3, -0.25) is 0 Å². The maximum atomic E-state index is 17.2. The first kappa shape index (κ1) is 50.9. The molecule has 80 heavy (non-hydrogen) atoms. The summed E-state index contributed by atoms with van der Waals surface area (Å²) in [5.41, 5.74) is 19.7. The van der Waals surface area contributed by atoms with E-state index in [2.05, 4.69) is 346 Å². The van der Waals surface area contributed by atoms with Crippen LogP contribution in [0.3, 0.4) is 0 Å². The molecule has 0 spiro atoms. The van der Waals surface area contributed by atoms with Crippen molar-refractivity contribution in [3.8, 4) is 0 Å². The Morgan fingerprint density at radius 1 is 0.150 bits per heavy atom. The summed E-state index contributed by atoms with van der Waals surface area (Å²) in [4.78, 5) is 0. The Morgan fingerprint density at radius 2 is 0.263 bits per heavy atom. The van der Waals surface area contributed by atoms with Crippen LogP contribution >= 0.6 is 7.14 Å². The van der Waals surface area contributed by atoms with Gasteiger partial charge < -0.3 is 4.57 Å². The van der Waals surface area contributed by atoms with Gasteiger partial charge in [0.2, 0.25) is 0 Å². The van der Waals surface area contributed by atoms with Gasteiger partial charge in [-0.2, -0.15) is 0 Å². The second-order valence-electron chi connectivity index (χ2n) is 19.8. The predicted octanol–water partition coefficient (Wildman–Crippen LogP) is 18.3. The van der Waals surface area contributed by atoms with Crippen LogP contribution in [0.1, 0.15) is 66.8 Å². The fourth-order valence-corrected chi connectivity index (χ4v) is 13.7. The summed E-state index contributed by atoms with van der Waals surface area (Å²) in [6.07, 6.45) is 0. The molecule has 0 fully saturated rings. The number of hydrogen-bond donors (Lipinski definition) is 0. The SMILES string of the molecule is O=P(c1ccc(C(=C(c2ccccc2)c2ccccc2)c2ccccc2)cc1)(c1ccc(C(=C(c2ccccc2)c2ccccc2)c2ccccc2)cc1)c1ccc(C(=C(c2ccccc2)c2ccccc2)c2ccccc2)cc1. The summed E-state index contributed by atoms with van der Waals surface area (Å²) < 4.78 is 17.2. The molecule has 12 aromatic carbocycles. The maximum Gasteiger partial charge on any atom is 0.171 e. The lowest BCUT2D eigenvalue weighted by molar-refractivity contribution is 0.592. The fourth-order valence-electron chi connectivity index (χ4n) is 11.1. The third kappa shape index (κ3) is 10.6. The molecule has 0 N–H and O–H groups in total. The van der Waals surface area contributed by atoms with Crippen molar-refractivity contribution in [2.24, 2.45) is 0 Å². The zero-order valence-corrected chi connectivity index (χ0v) is 45.2. The minimum absolute atomic E-state index is 0.747. The second-order valence-corrected chi connectivity index (χ2v) is 22.6. The van der Waals surface area contributed by atoms with E-state index < -0.39 is 7.14 Å². The smallest absolute Gasteiger partial charge is 0.171 e. The molecular weight excluding hydrogens is 984 g/mol. The molecule has 0 unspecified atom stereocenters. The van der Waals surface area contributed by atoms with Crippen LogP contribution in [0.2, 0.25) is 0 Å². The maximum absolute atomic E-state index is 17.2. The van der Waals surface area contributed by atoms with Gasteiger partial charge in [-0.25, -0.2) is 0 Å². The van der Waals surface area contributed by atoms with E-state index in [1.54, 1.807) is 0 Å². The first-order chi connectivity index (χ1) is 39.6. The molecule has 0 saturated heterocycles. The van der Waals surface area contributed by atoms with E-state index in [1.807, 2.05) is 0 Å². The predicted molar refractivity (Wildman–Crippen MR) is 339 cm³/mol. The van der Waals surface area contributed by atoms with Crippen LogP contribution in [0, 0.1) is 0 Å². The highest BCUT2D eigenvalue weighted by atomic mass is 31.2. The zero-order valence-electron chi connectivity index (χ0n) is 44.3. The van der Waals surface area contributed by atoms with Crippen LogP contribution in [-0.2, 0) is 4.57 Å². The lowest BCUT2D eigenvalue weighted by Gasteiger charge is -2.23. The lowest BCUT2D eigenvalue weighted by Crippen LogP contribution is -2.25. The Labute approximate surface area is 470 Å². The normalized spacial score (nSPS) is 11.1. The summed E-state index contributed by atoms with van der Waals surface area (Å²) >= 11 is 0. The lowest BCUT2D eigenvalue weighted by atomic mass is 9.86. The zero-order chi connectivity index (χ0) is 53.9. The van der Waals surface area contributed by atoms with Crippen LogP contribution in [-0.4, -0.2) is 0 Å². The van der Waals surface area contributed by atoms with Gasteiger partial charge in [-0.05, 0) is 100 Å². The van der Waals surface area contributed by atoms with E-state index in [9.17, 15) is 0 Å². The highest BCUT2D eigenvalue weighted by Crippen LogP contribution is 2.46.